The summed E-state index contributed by atoms with van der Waals surface area (Å²) >= 11 is 1.34. The average molecular weight is 289 g/mol. The van der Waals surface area contributed by atoms with Crippen molar-refractivity contribution >= 4 is 23.1 Å². The first-order chi connectivity index (χ1) is 9.58. The van der Waals surface area contributed by atoms with Gasteiger partial charge in [0, 0.05) is 35.3 Å². The number of nitrogens with zero attached hydrogens (tertiary/aromatic N) is 1. The number of aliphatic hydroxyl groups excluding tert-OH is 1. The Labute approximate surface area is 118 Å². The monoisotopic (exact) mass is 289 g/mol. The van der Waals surface area contributed by atoms with Crippen molar-refractivity contribution in [1.82, 2.24) is 4.98 Å². The Bertz CT molecular complexity index is 661. The quantitative estimate of drug-likeness (QED) is 0.501. The van der Waals surface area contributed by atoms with Gasteiger partial charge < -0.3 is 10.2 Å². The van der Waals surface area contributed by atoms with Crippen molar-refractivity contribution in [2.45, 2.75) is 6.42 Å². The van der Waals surface area contributed by atoms with Crippen LogP contribution in [0.15, 0.2) is 47.0 Å². The van der Waals surface area contributed by atoms with E-state index in [4.69, 9.17) is 10.2 Å². The third-order valence-electron chi connectivity index (χ3n) is 2.59. The third-order valence-corrected chi connectivity index (χ3v) is 3.38. The molecule has 6 heteroatoms. The lowest BCUT2D eigenvalue weighted by atomic mass is 10.0. The number of aliphatic hydroxyl groups is 1. The standard InChI is InChI=1S/C14H11NO4S/c16-12(6-13(17)14(18)19)11-8-20-7-9(11)5-10-3-1-2-4-15-10/h1-4,6-8,17H,5H2,(H,18,19)/b13-6-. The van der Waals surface area contributed by atoms with Gasteiger partial charge in [0.15, 0.2) is 5.78 Å². The van der Waals surface area contributed by atoms with Gasteiger partial charge in [-0.15, -0.1) is 0 Å². The van der Waals surface area contributed by atoms with Gasteiger partial charge in [-0.25, -0.2) is 4.79 Å². The average Bonchev–Trinajstić information content (AvgIpc) is 2.88. The highest BCUT2D eigenvalue weighted by Crippen LogP contribution is 2.19. The van der Waals surface area contributed by atoms with Gasteiger partial charge in [-0.1, -0.05) is 6.07 Å². The Morgan fingerprint density at radius 1 is 1.25 bits per heavy atom. The zero-order valence-corrected chi connectivity index (χ0v) is 11.1. The molecule has 0 bridgehead atoms. The minimum atomic E-state index is -1.53. The van der Waals surface area contributed by atoms with Crippen LogP contribution >= 0.6 is 11.3 Å². The molecular formula is C14H11NO4S. The molecule has 2 N–H and O–H groups in total. The number of carbonyl (C=O) groups is 2. The third kappa shape index (κ3) is 3.30. The van der Waals surface area contributed by atoms with Crippen LogP contribution in [0.3, 0.4) is 0 Å². The van der Waals surface area contributed by atoms with Crippen molar-refractivity contribution in [3.63, 3.8) is 0 Å². The smallest absolute Gasteiger partial charge is 0.371 e. The predicted octanol–water partition coefficient (Wildman–Crippen LogP) is 2.44. The number of aromatic nitrogens is 1. The van der Waals surface area contributed by atoms with Gasteiger partial charge in [0.25, 0.3) is 0 Å². The first-order valence-electron chi connectivity index (χ1n) is 5.71. The number of carboxylic acid groups (broad SMARTS) is 1. The number of carbonyl (C=O) groups excluding carboxylic acids is 1. The Balaban J connectivity index is 2.23. The molecule has 0 unspecified atom stereocenters. The van der Waals surface area contributed by atoms with Gasteiger partial charge >= 0.3 is 5.97 Å². The van der Waals surface area contributed by atoms with E-state index in [9.17, 15) is 9.59 Å². The first-order valence-corrected chi connectivity index (χ1v) is 6.65. The van der Waals surface area contributed by atoms with Crippen LogP contribution in [-0.4, -0.2) is 26.9 Å². The molecule has 20 heavy (non-hydrogen) atoms. The van der Waals surface area contributed by atoms with Gasteiger partial charge in [0.2, 0.25) is 5.76 Å². The van der Waals surface area contributed by atoms with Crippen LogP contribution in [0.5, 0.6) is 0 Å². The van der Waals surface area contributed by atoms with E-state index >= 15 is 0 Å². The van der Waals surface area contributed by atoms with Crippen molar-refractivity contribution in [1.29, 1.82) is 0 Å². The minimum absolute atomic E-state index is 0.383. The second kappa shape index (κ2) is 6.12. The molecule has 0 amide bonds. The van der Waals surface area contributed by atoms with Crippen LogP contribution in [0, 0.1) is 0 Å². The molecule has 0 aliphatic carbocycles. The molecule has 0 aliphatic heterocycles. The van der Waals surface area contributed by atoms with Crippen LogP contribution < -0.4 is 0 Å². The van der Waals surface area contributed by atoms with Crippen molar-refractivity contribution in [2.24, 2.45) is 0 Å². The Morgan fingerprint density at radius 3 is 2.70 bits per heavy atom. The van der Waals surface area contributed by atoms with E-state index < -0.39 is 17.5 Å². The number of allylic oxidation sites excluding steroid dienone is 1. The largest absolute Gasteiger partial charge is 0.502 e. The molecule has 0 saturated carbocycles. The lowest BCUT2D eigenvalue weighted by Gasteiger charge is -2.01. The summed E-state index contributed by atoms with van der Waals surface area (Å²) in [6.07, 6.45) is 2.86. The molecule has 0 atom stereocenters. The number of hydrogen-bond acceptors (Lipinski definition) is 5. The molecule has 2 heterocycles. The summed E-state index contributed by atoms with van der Waals surface area (Å²) in [4.78, 5) is 26.6. The van der Waals surface area contributed by atoms with E-state index in [0.717, 1.165) is 11.3 Å². The summed E-state index contributed by atoms with van der Waals surface area (Å²) < 4.78 is 0. The van der Waals surface area contributed by atoms with E-state index in [2.05, 4.69) is 4.98 Å². The Morgan fingerprint density at radius 2 is 2.05 bits per heavy atom. The minimum Gasteiger partial charge on any atom is -0.502 e. The molecule has 102 valence electrons. The van der Waals surface area contributed by atoms with E-state index in [-0.39, 0.29) is 0 Å². The van der Waals surface area contributed by atoms with Crippen LogP contribution in [0.4, 0.5) is 0 Å². The summed E-state index contributed by atoms with van der Waals surface area (Å²) in [7, 11) is 0. The zero-order valence-electron chi connectivity index (χ0n) is 10.3. The van der Waals surface area contributed by atoms with E-state index in [1.54, 1.807) is 17.6 Å². The van der Waals surface area contributed by atoms with Crippen molar-refractivity contribution < 1.29 is 19.8 Å². The molecule has 5 nitrogen and oxygen atoms in total. The molecule has 0 aromatic carbocycles. The first kappa shape index (κ1) is 14.0. The fourth-order valence-corrected chi connectivity index (χ4v) is 2.48. The van der Waals surface area contributed by atoms with Crippen LogP contribution in [0.2, 0.25) is 0 Å². The number of ketones is 1. The number of hydrogen-bond donors (Lipinski definition) is 2. The van der Waals surface area contributed by atoms with Crippen LogP contribution in [0.1, 0.15) is 21.6 Å². The fourth-order valence-electron chi connectivity index (χ4n) is 1.64. The molecule has 0 saturated heterocycles. The van der Waals surface area contributed by atoms with Crippen LogP contribution in [0.25, 0.3) is 0 Å². The molecular weight excluding hydrogens is 278 g/mol. The highest BCUT2D eigenvalue weighted by Gasteiger charge is 2.14. The number of carboxylic acids is 1. The summed E-state index contributed by atoms with van der Waals surface area (Å²) in [6.45, 7) is 0. The maximum absolute atomic E-state index is 11.9. The van der Waals surface area contributed by atoms with Gasteiger partial charge in [0.1, 0.15) is 0 Å². The van der Waals surface area contributed by atoms with Crippen molar-refractivity contribution in [2.75, 3.05) is 0 Å². The highest BCUT2D eigenvalue weighted by atomic mass is 32.1. The SMILES string of the molecule is O=C(O)/C(O)=C/C(=O)c1cscc1Cc1ccccn1. The molecule has 0 fully saturated rings. The molecule has 2 rings (SSSR count). The second-order valence-corrected chi connectivity index (χ2v) is 4.75. The van der Waals surface area contributed by atoms with E-state index in [1.807, 2.05) is 17.5 Å². The van der Waals surface area contributed by atoms with Gasteiger partial charge in [-0.3, -0.25) is 9.78 Å². The van der Waals surface area contributed by atoms with Crippen molar-refractivity contribution in [3.05, 3.63) is 63.8 Å². The van der Waals surface area contributed by atoms with Gasteiger partial charge in [-0.05, 0) is 23.1 Å². The lowest BCUT2D eigenvalue weighted by Crippen LogP contribution is -2.05. The van der Waals surface area contributed by atoms with Gasteiger partial charge in [0.05, 0.1) is 0 Å². The maximum atomic E-state index is 11.9. The Kier molecular flexibility index (Phi) is 4.27. The number of rotatable bonds is 5. The molecule has 2 aromatic rings. The van der Waals surface area contributed by atoms with E-state index in [0.29, 0.717) is 18.1 Å². The molecule has 0 radical (unpaired) electrons. The maximum Gasteiger partial charge on any atom is 0.371 e. The van der Waals surface area contributed by atoms with E-state index in [1.165, 1.54) is 11.3 Å². The normalized spacial score (nSPS) is 11.3. The number of thiophene rings is 1. The fraction of sp³-hybridized carbons (Fsp3) is 0.0714. The summed E-state index contributed by atoms with van der Waals surface area (Å²) in [5, 5.41) is 21.1. The molecule has 0 spiro atoms. The predicted molar refractivity (Wildman–Crippen MR) is 74.0 cm³/mol. The number of aliphatic carboxylic acids is 1. The highest BCUT2D eigenvalue weighted by molar-refractivity contribution is 7.08. The van der Waals surface area contributed by atoms with Gasteiger partial charge in [-0.2, -0.15) is 11.3 Å². The van der Waals surface area contributed by atoms with Crippen LogP contribution in [-0.2, 0) is 11.2 Å². The number of pyridine rings is 1. The summed E-state index contributed by atoms with van der Waals surface area (Å²) in [5.41, 5.74) is 1.95. The second-order valence-electron chi connectivity index (χ2n) is 4.01. The van der Waals surface area contributed by atoms with Crippen molar-refractivity contribution in [3.8, 4) is 0 Å². The topological polar surface area (TPSA) is 87.5 Å². The summed E-state index contributed by atoms with van der Waals surface area (Å²) in [5.74, 6) is -3.03. The summed E-state index contributed by atoms with van der Waals surface area (Å²) in [6, 6.07) is 5.50. The molecule has 2 aromatic heterocycles. The Hall–Kier alpha value is -2.47. The zero-order chi connectivity index (χ0) is 14.5. The lowest BCUT2D eigenvalue weighted by molar-refractivity contribution is -0.135. The molecule has 0 aliphatic rings.